The fraction of sp³-hybridized carbons (Fsp3) is 0.542. The standard InChI is InChI=1S/C24H34N4O7/c1-24(2,3)35-23(31)28-11-9-27(10-12-28)14-16-19(21(29)34-6)20(26-22(30)25-16)15-7-8-17(32-4)18(13-15)33-5/h7-8,13,20H,9-12,14H2,1-6H3,(H2,25,26,30)/t20-/m1/s1. The van der Waals surface area contributed by atoms with Crippen molar-refractivity contribution in [1.82, 2.24) is 20.4 Å². The van der Waals surface area contributed by atoms with Crippen molar-refractivity contribution in [2.24, 2.45) is 0 Å². The highest BCUT2D eigenvalue weighted by molar-refractivity contribution is 5.95. The maximum atomic E-state index is 12.8. The van der Waals surface area contributed by atoms with Crippen LogP contribution in [0.1, 0.15) is 32.4 Å². The molecule has 0 saturated carbocycles. The summed E-state index contributed by atoms with van der Waals surface area (Å²) in [6.07, 6.45) is -0.352. The number of carbonyl (C=O) groups excluding carboxylic acids is 3. The normalized spacial score (nSPS) is 19.0. The number of methoxy groups -OCH3 is 3. The molecule has 1 fully saturated rings. The van der Waals surface area contributed by atoms with E-state index in [0.29, 0.717) is 61.1 Å². The van der Waals surface area contributed by atoms with Crippen LogP contribution in [0.2, 0.25) is 0 Å². The van der Waals surface area contributed by atoms with Gasteiger partial charge in [0, 0.05) is 38.4 Å². The number of urea groups is 1. The van der Waals surface area contributed by atoms with E-state index in [-0.39, 0.29) is 6.09 Å². The molecule has 3 amide bonds. The number of nitrogens with zero attached hydrogens (tertiary/aromatic N) is 2. The van der Waals surface area contributed by atoms with E-state index in [1.807, 2.05) is 20.8 Å². The van der Waals surface area contributed by atoms with Crippen molar-refractivity contribution >= 4 is 18.1 Å². The molecule has 0 radical (unpaired) electrons. The summed E-state index contributed by atoms with van der Waals surface area (Å²) in [5.74, 6) is 0.449. The van der Waals surface area contributed by atoms with Gasteiger partial charge in [0.2, 0.25) is 0 Å². The highest BCUT2D eigenvalue weighted by atomic mass is 16.6. The largest absolute Gasteiger partial charge is 0.493 e. The third-order valence-corrected chi connectivity index (χ3v) is 5.71. The summed E-state index contributed by atoms with van der Waals surface area (Å²) in [5.41, 5.74) is 0.831. The van der Waals surface area contributed by atoms with Gasteiger partial charge in [-0.2, -0.15) is 0 Å². The van der Waals surface area contributed by atoms with Crippen molar-refractivity contribution in [1.29, 1.82) is 0 Å². The Morgan fingerprint density at radius 1 is 1.03 bits per heavy atom. The Morgan fingerprint density at radius 3 is 2.26 bits per heavy atom. The summed E-state index contributed by atoms with van der Waals surface area (Å²) >= 11 is 0. The van der Waals surface area contributed by atoms with Gasteiger partial charge >= 0.3 is 18.1 Å². The maximum Gasteiger partial charge on any atom is 0.410 e. The van der Waals surface area contributed by atoms with E-state index in [1.165, 1.54) is 21.3 Å². The molecule has 0 spiro atoms. The summed E-state index contributed by atoms with van der Waals surface area (Å²) in [4.78, 5) is 41.5. The molecule has 1 saturated heterocycles. The lowest BCUT2D eigenvalue weighted by atomic mass is 9.94. The second-order valence-electron chi connectivity index (χ2n) is 9.27. The van der Waals surface area contributed by atoms with Crippen molar-refractivity contribution in [3.63, 3.8) is 0 Å². The Labute approximate surface area is 205 Å². The minimum absolute atomic E-state index is 0.300. The number of hydrogen-bond acceptors (Lipinski definition) is 8. The van der Waals surface area contributed by atoms with Crippen molar-refractivity contribution in [3.8, 4) is 11.5 Å². The number of esters is 1. The molecule has 1 atom stereocenters. The van der Waals surface area contributed by atoms with Gasteiger partial charge in [0.1, 0.15) is 5.60 Å². The monoisotopic (exact) mass is 490 g/mol. The number of hydrogen-bond donors (Lipinski definition) is 2. The second-order valence-corrected chi connectivity index (χ2v) is 9.27. The van der Waals surface area contributed by atoms with E-state index in [1.54, 1.807) is 23.1 Å². The molecule has 1 aromatic rings. The van der Waals surface area contributed by atoms with Crippen molar-refractivity contribution in [2.45, 2.75) is 32.4 Å². The molecule has 35 heavy (non-hydrogen) atoms. The van der Waals surface area contributed by atoms with Crippen LogP contribution in [0.15, 0.2) is 29.5 Å². The molecule has 0 unspecified atom stereocenters. The van der Waals surface area contributed by atoms with E-state index in [0.717, 1.165) is 0 Å². The fourth-order valence-corrected chi connectivity index (χ4v) is 4.01. The van der Waals surface area contributed by atoms with Crippen molar-refractivity contribution < 1.29 is 33.3 Å². The van der Waals surface area contributed by atoms with Crippen LogP contribution in [0, 0.1) is 0 Å². The van der Waals surface area contributed by atoms with Gasteiger partial charge in [0.25, 0.3) is 0 Å². The molecule has 11 heteroatoms. The van der Waals surface area contributed by atoms with Crippen molar-refractivity contribution in [3.05, 3.63) is 35.0 Å². The van der Waals surface area contributed by atoms with Gasteiger partial charge < -0.3 is 34.5 Å². The summed E-state index contributed by atoms with van der Waals surface area (Å²) in [6.45, 7) is 7.86. The van der Waals surface area contributed by atoms with E-state index < -0.39 is 23.6 Å². The zero-order valence-electron chi connectivity index (χ0n) is 21.1. The van der Waals surface area contributed by atoms with Crippen LogP contribution in [0.4, 0.5) is 9.59 Å². The van der Waals surface area contributed by atoms with Crippen LogP contribution < -0.4 is 20.1 Å². The molecule has 2 N–H and O–H groups in total. The van der Waals surface area contributed by atoms with E-state index in [2.05, 4.69) is 15.5 Å². The average Bonchev–Trinajstić information content (AvgIpc) is 2.82. The Kier molecular flexibility index (Phi) is 8.11. The molecule has 3 rings (SSSR count). The molecule has 0 aliphatic carbocycles. The Balaban J connectivity index is 1.83. The SMILES string of the molecule is COC(=O)C1=C(CN2CCN(C(=O)OC(C)(C)C)CC2)NC(=O)N[C@@H]1c1ccc(OC)c(OC)c1. The van der Waals surface area contributed by atoms with Crippen molar-refractivity contribution in [2.75, 3.05) is 54.1 Å². The molecule has 2 aliphatic heterocycles. The van der Waals surface area contributed by atoms with Gasteiger partial charge in [-0.1, -0.05) is 6.07 Å². The Bertz CT molecular complexity index is 994. The lowest BCUT2D eigenvalue weighted by molar-refractivity contribution is -0.136. The third kappa shape index (κ3) is 6.36. The second kappa shape index (κ2) is 10.9. The molecular weight excluding hydrogens is 456 g/mol. The molecule has 11 nitrogen and oxygen atoms in total. The predicted octanol–water partition coefficient (Wildman–Crippen LogP) is 2.04. The fourth-order valence-electron chi connectivity index (χ4n) is 4.01. The van der Waals surface area contributed by atoms with Gasteiger partial charge in [-0.15, -0.1) is 0 Å². The molecule has 2 aliphatic rings. The zero-order chi connectivity index (χ0) is 25.8. The highest BCUT2D eigenvalue weighted by Gasteiger charge is 2.35. The van der Waals surface area contributed by atoms with E-state index in [4.69, 9.17) is 18.9 Å². The van der Waals surface area contributed by atoms with Crippen LogP contribution in [-0.4, -0.2) is 87.5 Å². The van der Waals surface area contributed by atoms with Crippen LogP contribution in [-0.2, 0) is 14.3 Å². The summed E-state index contributed by atoms with van der Waals surface area (Å²) in [7, 11) is 4.35. The number of nitrogens with one attached hydrogen (secondary N) is 2. The highest BCUT2D eigenvalue weighted by Crippen LogP contribution is 2.34. The quantitative estimate of drug-likeness (QED) is 0.582. The number of rotatable bonds is 6. The Hall–Kier alpha value is -3.47. The third-order valence-electron chi connectivity index (χ3n) is 5.71. The van der Waals surface area contributed by atoms with Gasteiger partial charge in [-0.25, -0.2) is 14.4 Å². The number of piperazine rings is 1. The molecule has 0 aromatic heterocycles. The van der Waals surface area contributed by atoms with Gasteiger partial charge in [-0.3, -0.25) is 4.90 Å². The minimum Gasteiger partial charge on any atom is -0.493 e. The summed E-state index contributed by atoms with van der Waals surface area (Å²) in [5, 5.41) is 5.58. The Morgan fingerprint density at radius 2 is 1.69 bits per heavy atom. The first-order valence-electron chi connectivity index (χ1n) is 11.4. The van der Waals surface area contributed by atoms with Gasteiger partial charge in [0.15, 0.2) is 11.5 Å². The lowest BCUT2D eigenvalue weighted by Crippen LogP contribution is -2.53. The molecule has 1 aromatic carbocycles. The van der Waals surface area contributed by atoms with Crippen LogP contribution >= 0.6 is 0 Å². The number of benzene rings is 1. The topological polar surface area (TPSA) is 119 Å². The molecule has 192 valence electrons. The summed E-state index contributed by atoms with van der Waals surface area (Å²) < 4.78 is 21.2. The first-order valence-corrected chi connectivity index (χ1v) is 11.4. The minimum atomic E-state index is -0.742. The van der Waals surface area contributed by atoms with Crippen LogP contribution in [0.3, 0.4) is 0 Å². The summed E-state index contributed by atoms with van der Waals surface area (Å²) in [6, 6.07) is 4.02. The van der Waals surface area contributed by atoms with Gasteiger partial charge in [-0.05, 0) is 38.5 Å². The smallest absolute Gasteiger partial charge is 0.410 e. The van der Waals surface area contributed by atoms with Crippen LogP contribution in [0.5, 0.6) is 11.5 Å². The van der Waals surface area contributed by atoms with Crippen LogP contribution in [0.25, 0.3) is 0 Å². The number of carbonyl (C=O) groups is 3. The van der Waals surface area contributed by atoms with E-state index in [9.17, 15) is 14.4 Å². The maximum absolute atomic E-state index is 12.8. The predicted molar refractivity (Wildman–Crippen MR) is 127 cm³/mol. The average molecular weight is 491 g/mol. The number of amides is 3. The number of ether oxygens (including phenoxy) is 4. The first-order chi connectivity index (χ1) is 16.6. The lowest BCUT2D eigenvalue weighted by Gasteiger charge is -2.37. The van der Waals surface area contributed by atoms with Gasteiger partial charge in [0.05, 0.1) is 32.9 Å². The zero-order valence-corrected chi connectivity index (χ0v) is 21.1. The molecule has 2 heterocycles. The molecular formula is C24H34N4O7. The first kappa shape index (κ1) is 26.1. The molecule has 0 bridgehead atoms. The van der Waals surface area contributed by atoms with E-state index >= 15 is 0 Å².